The van der Waals surface area contributed by atoms with E-state index >= 15 is 0 Å². The number of hydrogen-bond donors (Lipinski definition) is 2. The molecule has 0 spiro atoms. The Morgan fingerprint density at radius 1 is 1.22 bits per heavy atom. The molecule has 2 heterocycles. The fourth-order valence-electron chi connectivity index (χ4n) is 3.36. The van der Waals surface area contributed by atoms with Crippen LogP contribution in [0.2, 0.25) is 0 Å². The number of nitrogens with one attached hydrogen (secondary N) is 1. The van der Waals surface area contributed by atoms with E-state index in [0.29, 0.717) is 30.0 Å². The van der Waals surface area contributed by atoms with Crippen LogP contribution in [0.1, 0.15) is 29.3 Å². The van der Waals surface area contributed by atoms with Crippen molar-refractivity contribution in [2.45, 2.75) is 25.4 Å². The second kappa shape index (κ2) is 9.62. The Morgan fingerprint density at radius 3 is 2.67 bits per heavy atom. The average molecular weight is 389 g/mol. The van der Waals surface area contributed by atoms with Crippen LogP contribution in [0, 0.1) is 0 Å². The molecule has 6 nitrogen and oxygen atoms in total. The van der Waals surface area contributed by atoms with Gasteiger partial charge in [0.05, 0.1) is 26.8 Å². The lowest BCUT2D eigenvalue weighted by molar-refractivity contribution is 0.249. The van der Waals surface area contributed by atoms with Gasteiger partial charge in [-0.15, -0.1) is 11.3 Å². The van der Waals surface area contributed by atoms with Crippen molar-refractivity contribution in [2.24, 2.45) is 10.7 Å². The summed E-state index contributed by atoms with van der Waals surface area (Å²) >= 11 is 1.80. The number of thiophene rings is 1. The Balaban J connectivity index is 1.59. The molecule has 1 fully saturated rings. The quantitative estimate of drug-likeness (QED) is 0.537. The molecule has 1 aliphatic heterocycles. The zero-order chi connectivity index (χ0) is 19.1. The molecule has 7 heteroatoms. The SMILES string of the molecule is COc1ccc(CN=C(N)NCC(c2cccs2)N2CCCC2)cc1OC. The second-order valence-corrected chi connectivity index (χ2v) is 7.53. The minimum absolute atomic E-state index is 0.349. The van der Waals surface area contributed by atoms with Crippen LogP contribution in [0.25, 0.3) is 0 Å². The smallest absolute Gasteiger partial charge is 0.188 e. The van der Waals surface area contributed by atoms with Gasteiger partial charge < -0.3 is 20.5 Å². The van der Waals surface area contributed by atoms with Crippen molar-refractivity contribution < 1.29 is 9.47 Å². The van der Waals surface area contributed by atoms with Crippen LogP contribution in [0.4, 0.5) is 0 Å². The van der Waals surface area contributed by atoms with Crippen molar-refractivity contribution >= 4 is 17.3 Å². The predicted octanol–water partition coefficient (Wildman–Crippen LogP) is 3.01. The van der Waals surface area contributed by atoms with E-state index in [-0.39, 0.29) is 0 Å². The number of benzene rings is 1. The summed E-state index contributed by atoms with van der Waals surface area (Å²) in [4.78, 5) is 8.38. The molecular formula is C20H28N4O2S. The highest BCUT2D eigenvalue weighted by molar-refractivity contribution is 7.10. The van der Waals surface area contributed by atoms with Gasteiger partial charge in [-0.2, -0.15) is 0 Å². The van der Waals surface area contributed by atoms with Gasteiger partial charge in [-0.3, -0.25) is 4.90 Å². The number of methoxy groups -OCH3 is 2. The number of guanidine groups is 1. The fourth-order valence-corrected chi connectivity index (χ4v) is 4.22. The minimum Gasteiger partial charge on any atom is -0.493 e. The molecule has 2 aromatic rings. The number of likely N-dealkylation sites (tertiary alicyclic amines) is 1. The first-order valence-corrected chi connectivity index (χ1v) is 10.1. The number of nitrogens with two attached hydrogens (primary N) is 1. The molecule has 3 rings (SSSR count). The molecule has 1 saturated heterocycles. The Morgan fingerprint density at radius 2 is 2.00 bits per heavy atom. The number of aliphatic imine (C=N–C) groups is 1. The number of rotatable bonds is 8. The first-order chi connectivity index (χ1) is 13.2. The summed E-state index contributed by atoms with van der Waals surface area (Å²) in [5.74, 6) is 1.87. The van der Waals surface area contributed by atoms with Crippen LogP contribution in [0.5, 0.6) is 11.5 Å². The van der Waals surface area contributed by atoms with E-state index in [1.54, 1.807) is 25.6 Å². The Labute approximate surface area is 165 Å². The zero-order valence-electron chi connectivity index (χ0n) is 16.0. The van der Waals surface area contributed by atoms with Gasteiger partial charge in [-0.1, -0.05) is 12.1 Å². The maximum Gasteiger partial charge on any atom is 0.188 e. The lowest BCUT2D eigenvalue weighted by atomic mass is 10.2. The van der Waals surface area contributed by atoms with Crippen LogP contribution in [-0.4, -0.2) is 44.7 Å². The molecule has 1 aliphatic rings. The Kier molecular flexibility index (Phi) is 6.95. The summed E-state index contributed by atoms with van der Waals surface area (Å²) in [6.45, 7) is 3.55. The molecule has 1 atom stereocenters. The van der Waals surface area contributed by atoms with Crippen molar-refractivity contribution in [1.82, 2.24) is 10.2 Å². The lowest BCUT2D eigenvalue weighted by Gasteiger charge is -2.27. The van der Waals surface area contributed by atoms with E-state index in [2.05, 4.69) is 32.7 Å². The van der Waals surface area contributed by atoms with Crippen molar-refractivity contribution in [1.29, 1.82) is 0 Å². The van der Waals surface area contributed by atoms with E-state index in [9.17, 15) is 0 Å². The van der Waals surface area contributed by atoms with E-state index in [0.717, 1.165) is 25.2 Å². The first kappa shape index (κ1) is 19.5. The van der Waals surface area contributed by atoms with Crippen molar-refractivity contribution in [2.75, 3.05) is 33.9 Å². The third kappa shape index (κ3) is 5.14. The molecule has 0 saturated carbocycles. The molecule has 3 N–H and O–H groups in total. The van der Waals surface area contributed by atoms with Gasteiger partial charge in [-0.05, 0) is 55.1 Å². The van der Waals surface area contributed by atoms with Gasteiger partial charge in [0.2, 0.25) is 0 Å². The number of ether oxygens (including phenoxy) is 2. The van der Waals surface area contributed by atoms with Crippen LogP contribution < -0.4 is 20.5 Å². The molecule has 1 unspecified atom stereocenters. The Bertz CT molecular complexity index is 742. The van der Waals surface area contributed by atoms with Crippen molar-refractivity contribution in [3.63, 3.8) is 0 Å². The average Bonchev–Trinajstić information content (AvgIpc) is 3.41. The standard InChI is InChI=1S/C20H28N4O2S/c1-25-17-8-7-15(12-18(17)26-2)13-22-20(21)23-14-16(19-6-5-11-27-19)24-9-3-4-10-24/h5-8,11-12,16H,3-4,9-10,13-14H2,1-2H3,(H3,21,22,23). The number of hydrogen-bond acceptors (Lipinski definition) is 5. The maximum absolute atomic E-state index is 6.12. The third-order valence-electron chi connectivity index (χ3n) is 4.81. The topological polar surface area (TPSA) is 72.1 Å². The predicted molar refractivity (Wildman–Crippen MR) is 111 cm³/mol. The fraction of sp³-hybridized carbons (Fsp3) is 0.450. The normalized spacial score (nSPS) is 16.3. The highest BCUT2D eigenvalue weighted by Crippen LogP contribution is 2.28. The molecule has 0 radical (unpaired) electrons. The minimum atomic E-state index is 0.349. The summed E-state index contributed by atoms with van der Waals surface area (Å²) < 4.78 is 10.6. The summed E-state index contributed by atoms with van der Waals surface area (Å²) in [5.41, 5.74) is 7.14. The zero-order valence-corrected chi connectivity index (χ0v) is 16.8. The van der Waals surface area contributed by atoms with Gasteiger partial charge in [0.1, 0.15) is 0 Å². The molecular weight excluding hydrogens is 360 g/mol. The molecule has 27 heavy (non-hydrogen) atoms. The second-order valence-electron chi connectivity index (χ2n) is 6.55. The van der Waals surface area contributed by atoms with Gasteiger partial charge >= 0.3 is 0 Å². The van der Waals surface area contributed by atoms with Gasteiger partial charge in [0.25, 0.3) is 0 Å². The van der Waals surface area contributed by atoms with Crippen molar-refractivity contribution in [3.05, 3.63) is 46.2 Å². The van der Waals surface area contributed by atoms with E-state index < -0.39 is 0 Å². The van der Waals surface area contributed by atoms with Crippen LogP contribution >= 0.6 is 11.3 Å². The molecule has 146 valence electrons. The third-order valence-corrected chi connectivity index (χ3v) is 5.78. The summed E-state index contributed by atoms with van der Waals surface area (Å²) in [6.07, 6.45) is 2.54. The van der Waals surface area contributed by atoms with E-state index in [4.69, 9.17) is 15.2 Å². The first-order valence-electron chi connectivity index (χ1n) is 9.23. The highest BCUT2D eigenvalue weighted by atomic mass is 32.1. The van der Waals surface area contributed by atoms with Crippen molar-refractivity contribution in [3.8, 4) is 11.5 Å². The summed E-state index contributed by atoms with van der Waals surface area (Å²) in [7, 11) is 3.26. The summed E-state index contributed by atoms with van der Waals surface area (Å²) in [6, 6.07) is 10.4. The van der Waals surface area contributed by atoms with Crippen LogP contribution in [0.15, 0.2) is 40.7 Å². The van der Waals surface area contributed by atoms with E-state index in [1.807, 2.05) is 18.2 Å². The highest BCUT2D eigenvalue weighted by Gasteiger charge is 2.24. The molecule has 1 aromatic heterocycles. The summed E-state index contributed by atoms with van der Waals surface area (Å²) in [5, 5.41) is 5.44. The van der Waals surface area contributed by atoms with Gasteiger partial charge in [-0.25, -0.2) is 4.99 Å². The molecule has 1 aromatic carbocycles. The number of nitrogens with zero attached hydrogens (tertiary/aromatic N) is 2. The molecule has 0 amide bonds. The monoisotopic (exact) mass is 388 g/mol. The maximum atomic E-state index is 6.12. The lowest BCUT2D eigenvalue weighted by Crippen LogP contribution is -2.39. The molecule has 0 bridgehead atoms. The van der Waals surface area contributed by atoms with Gasteiger partial charge in [0.15, 0.2) is 17.5 Å². The van der Waals surface area contributed by atoms with Gasteiger partial charge in [0, 0.05) is 11.4 Å². The van der Waals surface area contributed by atoms with Crippen LogP contribution in [-0.2, 0) is 6.54 Å². The Hall–Kier alpha value is -2.25. The van der Waals surface area contributed by atoms with Crippen LogP contribution in [0.3, 0.4) is 0 Å². The molecule has 0 aliphatic carbocycles. The largest absolute Gasteiger partial charge is 0.493 e. The van der Waals surface area contributed by atoms with E-state index in [1.165, 1.54) is 17.7 Å².